The summed E-state index contributed by atoms with van der Waals surface area (Å²) in [6, 6.07) is 7.84. The fourth-order valence-electron chi connectivity index (χ4n) is 2.68. The number of carbonyl (C=O) groups is 1. The number of imidazole rings is 1. The SMILES string of the molecule is O=C(Cn1c(C2CC2)nc2ccccc21)NCc1n[nH]c(=O)[nH]1. The van der Waals surface area contributed by atoms with Crippen molar-refractivity contribution in [3.63, 3.8) is 0 Å². The van der Waals surface area contributed by atoms with E-state index in [1.54, 1.807) is 0 Å². The van der Waals surface area contributed by atoms with Crippen LogP contribution in [0.5, 0.6) is 0 Å². The Labute approximate surface area is 130 Å². The lowest BCUT2D eigenvalue weighted by molar-refractivity contribution is -0.121. The Bertz CT molecular complexity index is 917. The monoisotopic (exact) mass is 312 g/mol. The lowest BCUT2D eigenvalue weighted by Crippen LogP contribution is -2.28. The molecule has 2 heterocycles. The van der Waals surface area contributed by atoms with Crippen molar-refractivity contribution in [1.29, 1.82) is 0 Å². The van der Waals surface area contributed by atoms with Gasteiger partial charge in [-0.25, -0.2) is 14.9 Å². The van der Waals surface area contributed by atoms with E-state index in [0.29, 0.717) is 11.7 Å². The summed E-state index contributed by atoms with van der Waals surface area (Å²) in [6.45, 7) is 0.393. The third-order valence-corrected chi connectivity index (χ3v) is 3.93. The Morgan fingerprint density at radius 2 is 2.17 bits per heavy atom. The van der Waals surface area contributed by atoms with Gasteiger partial charge in [0.05, 0.1) is 17.6 Å². The first-order chi connectivity index (χ1) is 11.2. The first kappa shape index (κ1) is 13.7. The van der Waals surface area contributed by atoms with Crippen LogP contribution in [0.25, 0.3) is 11.0 Å². The number of benzene rings is 1. The van der Waals surface area contributed by atoms with E-state index in [2.05, 4.69) is 25.5 Å². The van der Waals surface area contributed by atoms with Crippen molar-refractivity contribution in [3.05, 3.63) is 46.4 Å². The zero-order chi connectivity index (χ0) is 15.8. The van der Waals surface area contributed by atoms with Crippen molar-refractivity contribution in [2.45, 2.75) is 31.8 Å². The van der Waals surface area contributed by atoms with E-state index in [0.717, 1.165) is 29.7 Å². The van der Waals surface area contributed by atoms with E-state index in [1.165, 1.54) is 0 Å². The van der Waals surface area contributed by atoms with Gasteiger partial charge in [0, 0.05) is 5.92 Å². The molecular formula is C15H16N6O2. The van der Waals surface area contributed by atoms with Crippen molar-refractivity contribution < 1.29 is 4.79 Å². The van der Waals surface area contributed by atoms with Crippen LogP contribution < -0.4 is 11.0 Å². The molecule has 3 N–H and O–H groups in total. The molecule has 23 heavy (non-hydrogen) atoms. The molecule has 1 amide bonds. The van der Waals surface area contributed by atoms with Crippen molar-refractivity contribution in [2.24, 2.45) is 0 Å². The number of amides is 1. The van der Waals surface area contributed by atoms with E-state index in [4.69, 9.17) is 0 Å². The lowest BCUT2D eigenvalue weighted by atomic mass is 10.3. The third kappa shape index (κ3) is 2.75. The average molecular weight is 312 g/mol. The van der Waals surface area contributed by atoms with Gasteiger partial charge in [-0.1, -0.05) is 12.1 Å². The Morgan fingerprint density at radius 3 is 2.91 bits per heavy atom. The highest BCUT2D eigenvalue weighted by atomic mass is 16.2. The van der Waals surface area contributed by atoms with Gasteiger partial charge in [0.15, 0.2) is 0 Å². The maximum Gasteiger partial charge on any atom is 0.340 e. The Hall–Kier alpha value is -2.90. The molecule has 8 nitrogen and oxygen atoms in total. The van der Waals surface area contributed by atoms with E-state index >= 15 is 0 Å². The van der Waals surface area contributed by atoms with Gasteiger partial charge in [-0.3, -0.25) is 9.78 Å². The second-order valence-corrected chi connectivity index (χ2v) is 5.72. The predicted octanol–water partition coefficient (Wildman–Crippen LogP) is 0.641. The molecule has 0 radical (unpaired) electrons. The van der Waals surface area contributed by atoms with Gasteiger partial charge in [-0.2, -0.15) is 5.10 Å². The average Bonchev–Trinajstić information content (AvgIpc) is 3.22. The highest BCUT2D eigenvalue weighted by Gasteiger charge is 2.30. The van der Waals surface area contributed by atoms with E-state index in [9.17, 15) is 9.59 Å². The fourth-order valence-corrected chi connectivity index (χ4v) is 2.68. The summed E-state index contributed by atoms with van der Waals surface area (Å²) in [4.78, 5) is 30.4. The van der Waals surface area contributed by atoms with Crippen LogP contribution in [-0.2, 0) is 17.9 Å². The number of aromatic amines is 2. The smallest absolute Gasteiger partial charge is 0.340 e. The zero-order valence-corrected chi connectivity index (χ0v) is 12.4. The summed E-state index contributed by atoms with van der Waals surface area (Å²) in [5.41, 5.74) is 1.50. The maximum atomic E-state index is 12.2. The minimum Gasteiger partial charge on any atom is -0.347 e. The predicted molar refractivity (Wildman–Crippen MR) is 82.8 cm³/mol. The van der Waals surface area contributed by atoms with Crippen LogP contribution in [0.3, 0.4) is 0 Å². The molecule has 0 saturated heterocycles. The second-order valence-electron chi connectivity index (χ2n) is 5.72. The number of nitrogens with zero attached hydrogens (tertiary/aromatic N) is 3. The molecule has 0 atom stereocenters. The van der Waals surface area contributed by atoms with Crippen LogP contribution in [0.15, 0.2) is 29.1 Å². The summed E-state index contributed by atoms with van der Waals surface area (Å²) >= 11 is 0. The number of H-pyrrole nitrogens is 2. The molecule has 1 fully saturated rings. The van der Waals surface area contributed by atoms with E-state index in [1.807, 2.05) is 28.8 Å². The molecule has 1 aliphatic carbocycles. The minimum absolute atomic E-state index is 0.140. The first-order valence-electron chi connectivity index (χ1n) is 7.56. The minimum atomic E-state index is -0.383. The van der Waals surface area contributed by atoms with Crippen LogP contribution in [0.4, 0.5) is 0 Å². The quantitative estimate of drug-likeness (QED) is 0.642. The molecule has 2 aromatic heterocycles. The molecule has 1 aliphatic rings. The summed E-state index contributed by atoms with van der Waals surface area (Å²) in [6.07, 6.45) is 2.25. The molecule has 0 bridgehead atoms. The topological polar surface area (TPSA) is 108 Å². The van der Waals surface area contributed by atoms with Gasteiger partial charge < -0.3 is 9.88 Å². The molecular weight excluding hydrogens is 296 g/mol. The summed E-state index contributed by atoms with van der Waals surface area (Å²) < 4.78 is 1.98. The number of carbonyl (C=O) groups excluding carboxylic acids is 1. The molecule has 3 aromatic rings. The Kier molecular flexibility index (Phi) is 3.22. The number of para-hydroxylation sites is 2. The van der Waals surface area contributed by atoms with Gasteiger partial charge in [0.1, 0.15) is 18.2 Å². The number of fused-ring (bicyclic) bond motifs is 1. The first-order valence-corrected chi connectivity index (χ1v) is 7.56. The third-order valence-electron chi connectivity index (χ3n) is 3.93. The van der Waals surface area contributed by atoms with Crippen molar-refractivity contribution in [1.82, 2.24) is 30.0 Å². The molecule has 8 heteroatoms. The molecule has 4 rings (SSSR count). The number of hydrogen-bond acceptors (Lipinski definition) is 4. The van der Waals surface area contributed by atoms with Crippen LogP contribution in [-0.4, -0.2) is 30.6 Å². The lowest BCUT2D eigenvalue weighted by Gasteiger charge is -2.08. The molecule has 0 unspecified atom stereocenters. The summed E-state index contributed by atoms with van der Waals surface area (Å²) in [5.74, 6) is 1.70. The number of nitrogens with one attached hydrogen (secondary N) is 3. The Balaban J connectivity index is 1.53. The largest absolute Gasteiger partial charge is 0.347 e. The fraction of sp³-hybridized carbons (Fsp3) is 0.333. The standard InChI is InChI=1S/C15H16N6O2/c22-13(16-7-12-18-15(23)20-19-12)8-21-11-4-2-1-3-10(11)17-14(21)9-5-6-9/h1-4,9H,5-8H2,(H,16,22)(H2,18,19,20,23). The molecule has 118 valence electrons. The number of aromatic nitrogens is 5. The highest BCUT2D eigenvalue weighted by Crippen LogP contribution is 2.40. The van der Waals surface area contributed by atoms with Crippen LogP contribution in [0.1, 0.15) is 30.4 Å². The number of rotatable bonds is 5. The zero-order valence-electron chi connectivity index (χ0n) is 12.4. The van der Waals surface area contributed by atoms with Gasteiger partial charge in [0.25, 0.3) is 0 Å². The molecule has 1 saturated carbocycles. The van der Waals surface area contributed by atoms with Crippen molar-refractivity contribution in [2.75, 3.05) is 0 Å². The highest BCUT2D eigenvalue weighted by molar-refractivity contribution is 5.81. The van der Waals surface area contributed by atoms with Gasteiger partial charge in [-0.15, -0.1) is 0 Å². The van der Waals surface area contributed by atoms with Gasteiger partial charge >= 0.3 is 5.69 Å². The summed E-state index contributed by atoms with van der Waals surface area (Å²) in [7, 11) is 0. The normalized spacial score (nSPS) is 14.3. The maximum absolute atomic E-state index is 12.2. The molecule has 0 aliphatic heterocycles. The van der Waals surface area contributed by atoms with Crippen molar-refractivity contribution >= 4 is 16.9 Å². The Morgan fingerprint density at radius 1 is 1.35 bits per heavy atom. The van der Waals surface area contributed by atoms with Crippen LogP contribution in [0, 0.1) is 0 Å². The van der Waals surface area contributed by atoms with Gasteiger partial charge in [-0.05, 0) is 25.0 Å². The van der Waals surface area contributed by atoms with Gasteiger partial charge in [0.2, 0.25) is 5.91 Å². The molecule has 0 spiro atoms. The van der Waals surface area contributed by atoms with E-state index in [-0.39, 0.29) is 24.7 Å². The van der Waals surface area contributed by atoms with Crippen LogP contribution >= 0.6 is 0 Å². The van der Waals surface area contributed by atoms with Crippen LogP contribution in [0.2, 0.25) is 0 Å². The number of hydrogen-bond donors (Lipinski definition) is 3. The van der Waals surface area contributed by atoms with E-state index < -0.39 is 0 Å². The van der Waals surface area contributed by atoms with Crippen molar-refractivity contribution in [3.8, 4) is 0 Å². The molecule has 1 aromatic carbocycles. The summed E-state index contributed by atoms with van der Waals surface area (Å²) in [5, 5.41) is 8.79. The second kappa shape index (κ2) is 5.38.